The Kier molecular flexibility index (Phi) is 3.83. The number of anilines is 2. The lowest BCUT2D eigenvalue weighted by Crippen LogP contribution is -2.46. The van der Waals surface area contributed by atoms with Crippen LogP contribution in [0.5, 0.6) is 0 Å². The van der Waals surface area contributed by atoms with Crippen LogP contribution >= 0.6 is 0 Å². The molecule has 2 atom stereocenters. The summed E-state index contributed by atoms with van der Waals surface area (Å²) in [5.74, 6) is 1.74. The molecule has 2 aliphatic heterocycles. The van der Waals surface area contributed by atoms with E-state index in [9.17, 15) is 0 Å². The molecule has 2 saturated heterocycles. The number of nitrogens with one attached hydrogen (secondary N) is 1. The molecule has 120 valence electrons. The summed E-state index contributed by atoms with van der Waals surface area (Å²) in [4.78, 5) is 15.3. The molecule has 4 heterocycles. The summed E-state index contributed by atoms with van der Waals surface area (Å²) in [7, 11) is 0. The average Bonchev–Trinajstić information content (AvgIpc) is 3.00. The van der Waals surface area contributed by atoms with Gasteiger partial charge in [-0.05, 0) is 37.5 Å². The molecule has 0 saturated carbocycles. The standard InChI is InChI=1S/C17H21N5O/c1-2-7-18-15(4-1)21-14-5-11-23-17(12-14)6-10-22(13-17)16-19-8-3-9-20-16/h1-4,7-9,14H,5-6,10-13H2,(H,18,21)/t14-,17-/m1/s1. The maximum absolute atomic E-state index is 6.19. The Morgan fingerprint density at radius 3 is 2.83 bits per heavy atom. The van der Waals surface area contributed by atoms with E-state index in [4.69, 9.17) is 4.74 Å². The molecule has 2 aliphatic rings. The molecule has 0 amide bonds. The van der Waals surface area contributed by atoms with Gasteiger partial charge in [0.2, 0.25) is 5.95 Å². The van der Waals surface area contributed by atoms with E-state index in [0.29, 0.717) is 6.04 Å². The lowest BCUT2D eigenvalue weighted by molar-refractivity contribution is -0.0662. The van der Waals surface area contributed by atoms with E-state index in [1.54, 1.807) is 12.4 Å². The van der Waals surface area contributed by atoms with Gasteiger partial charge in [-0.3, -0.25) is 0 Å². The second-order valence-electron chi connectivity index (χ2n) is 6.30. The van der Waals surface area contributed by atoms with Gasteiger partial charge in [0.15, 0.2) is 0 Å². The Morgan fingerprint density at radius 2 is 2.00 bits per heavy atom. The third-order valence-corrected chi connectivity index (χ3v) is 4.66. The molecule has 6 nitrogen and oxygen atoms in total. The highest BCUT2D eigenvalue weighted by Crippen LogP contribution is 2.36. The zero-order chi connectivity index (χ0) is 15.5. The molecule has 4 rings (SSSR count). The smallest absolute Gasteiger partial charge is 0.225 e. The minimum Gasteiger partial charge on any atom is -0.373 e. The van der Waals surface area contributed by atoms with Gasteiger partial charge in [-0.1, -0.05) is 6.07 Å². The lowest BCUT2D eigenvalue weighted by Gasteiger charge is -2.38. The van der Waals surface area contributed by atoms with Gasteiger partial charge >= 0.3 is 0 Å². The number of hydrogen-bond acceptors (Lipinski definition) is 6. The average molecular weight is 311 g/mol. The zero-order valence-corrected chi connectivity index (χ0v) is 13.1. The van der Waals surface area contributed by atoms with Crippen LogP contribution in [0.2, 0.25) is 0 Å². The van der Waals surface area contributed by atoms with Crippen molar-refractivity contribution in [2.75, 3.05) is 29.9 Å². The van der Waals surface area contributed by atoms with Crippen LogP contribution in [0, 0.1) is 0 Å². The van der Waals surface area contributed by atoms with Crippen molar-refractivity contribution in [3.05, 3.63) is 42.9 Å². The fourth-order valence-corrected chi connectivity index (χ4v) is 3.56. The summed E-state index contributed by atoms with van der Waals surface area (Å²) in [5, 5.41) is 3.55. The number of pyridine rings is 1. The highest BCUT2D eigenvalue weighted by Gasteiger charge is 2.44. The maximum Gasteiger partial charge on any atom is 0.225 e. The monoisotopic (exact) mass is 311 g/mol. The summed E-state index contributed by atoms with van der Waals surface area (Å²) in [6.45, 7) is 2.59. The van der Waals surface area contributed by atoms with Crippen LogP contribution in [0.1, 0.15) is 19.3 Å². The molecular formula is C17H21N5O. The predicted octanol–water partition coefficient (Wildman–Crippen LogP) is 2.11. The Labute approximate surface area is 135 Å². The summed E-state index contributed by atoms with van der Waals surface area (Å²) in [6.07, 6.45) is 8.43. The largest absolute Gasteiger partial charge is 0.373 e. The van der Waals surface area contributed by atoms with E-state index in [0.717, 1.165) is 50.7 Å². The van der Waals surface area contributed by atoms with Crippen LogP contribution in [-0.4, -0.2) is 46.3 Å². The molecule has 23 heavy (non-hydrogen) atoms. The van der Waals surface area contributed by atoms with Crippen LogP contribution in [0.4, 0.5) is 11.8 Å². The van der Waals surface area contributed by atoms with Crippen molar-refractivity contribution in [1.82, 2.24) is 15.0 Å². The molecular weight excluding hydrogens is 290 g/mol. The molecule has 0 radical (unpaired) electrons. The molecule has 0 bridgehead atoms. The number of hydrogen-bond donors (Lipinski definition) is 1. The molecule has 2 aromatic rings. The van der Waals surface area contributed by atoms with Crippen LogP contribution in [0.3, 0.4) is 0 Å². The van der Waals surface area contributed by atoms with Gasteiger partial charge in [0.1, 0.15) is 5.82 Å². The summed E-state index contributed by atoms with van der Waals surface area (Å²) < 4.78 is 6.19. The van der Waals surface area contributed by atoms with Crippen LogP contribution in [0.15, 0.2) is 42.9 Å². The van der Waals surface area contributed by atoms with E-state index < -0.39 is 0 Å². The first-order valence-corrected chi connectivity index (χ1v) is 8.17. The number of ether oxygens (including phenoxy) is 1. The van der Waals surface area contributed by atoms with E-state index in [1.807, 2.05) is 30.5 Å². The zero-order valence-electron chi connectivity index (χ0n) is 13.1. The third kappa shape index (κ3) is 3.12. The highest BCUT2D eigenvalue weighted by atomic mass is 16.5. The fraction of sp³-hybridized carbons (Fsp3) is 0.471. The molecule has 0 aromatic carbocycles. The second kappa shape index (κ2) is 6.12. The van der Waals surface area contributed by atoms with E-state index in [2.05, 4.69) is 25.2 Å². The normalized spacial score (nSPS) is 27.3. The molecule has 2 aromatic heterocycles. The quantitative estimate of drug-likeness (QED) is 0.937. The van der Waals surface area contributed by atoms with Crippen molar-refractivity contribution in [2.24, 2.45) is 0 Å². The SMILES string of the molecule is c1ccc(N[C@@H]2CCO[C@]3(CCN(c4ncccn4)C3)C2)nc1. The Morgan fingerprint density at radius 1 is 1.13 bits per heavy atom. The van der Waals surface area contributed by atoms with Gasteiger partial charge in [0, 0.05) is 37.8 Å². The molecule has 0 unspecified atom stereocenters. The van der Waals surface area contributed by atoms with Crippen LogP contribution in [-0.2, 0) is 4.74 Å². The molecule has 1 spiro atoms. The van der Waals surface area contributed by atoms with Gasteiger partial charge in [0.05, 0.1) is 12.1 Å². The number of aromatic nitrogens is 3. The molecule has 2 fully saturated rings. The van der Waals surface area contributed by atoms with E-state index >= 15 is 0 Å². The fourth-order valence-electron chi connectivity index (χ4n) is 3.56. The van der Waals surface area contributed by atoms with Crippen LogP contribution in [0.25, 0.3) is 0 Å². The van der Waals surface area contributed by atoms with Gasteiger partial charge in [0.25, 0.3) is 0 Å². The Balaban J connectivity index is 1.43. The maximum atomic E-state index is 6.19. The van der Waals surface area contributed by atoms with Gasteiger partial charge in [-0.25, -0.2) is 15.0 Å². The first-order chi connectivity index (χ1) is 11.3. The minimum atomic E-state index is -0.0934. The molecule has 1 N–H and O–H groups in total. The first kappa shape index (κ1) is 14.4. The van der Waals surface area contributed by atoms with Crippen molar-refractivity contribution >= 4 is 11.8 Å². The molecule has 0 aliphatic carbocycles. The van der Waals surface area contributed by atoms with E-state index in [-0.39, 0.29) is 5.60 Å². The third-order valence-electron chi connectivity index (χ3n) is 4.66. The second-order valence-corrected chi connectivity index (χ2v) is 6.30. The summed E-state index contributed by atoms with van der Waals surface area (Å²) >= 11 is 0. The van der Waals surface area contributed by atoms with Crippen molar-refractivity contribution < 1.29 is 4.74 Å². The van der Waals surface area contributed by atoms with Crippen molar-refractivity contribution in [1.29, 1.82) is 0 Å². The van der Waals surface area contributed by atoms with Crippen LogP contribution < -0.4 is 10.2 Å². The van der Waals surface area contributed by atoms with Crippen molar-refractivity contribution in [3.8, 4) is 0 Å². The Hall–Kier alpha value is -2.21. The highest BCUT2D eigenvalue weighted by molar-refractivity contribution is 5.36. The molecule has 6 heteroatoms. The number of rotatable bonds is 3. The number of nitrogens with zero attached hydrogens (tertiary/aromatic N) is 4. The van der Waals surface area contributed by atoms with E-state index in [1.165, 1.54) is 0 Å². The lowest BCUT2D eigenvalue weighted by atomic mass is 9.89. The minimum absolute atomic E-state index is 0.0934. The van der Waals surface area contributed by atoms with Gasteiger partial charge < -0.3 is 15.0 Å². The van der Waals surface area contributed by atoms with Gasteiger partial charge in [-0.15, -0.1) is 0 Å². The summed E-state index contributed by atoms with van der Waals surface area (Å²) in [5.41, 5.74) is -0.0934. The topological polar surface area (TPSA) is 63.2 Å². The predicted molar refractivity (Wildman–Crippen MR) is 88.4 cm³/mol. The first-order valence-electron chi connectivity index (χ1n) is 8.17. The van der Waals surface area contributed by atoms with Gasteiger partial charge in [-0.2, -0.15) is 0 Å². The van der Waals surface area contributed by atoms with Crippen molar-refractivity contribution in [2.45, 2.75) is 30.9 Å². The van der Waals surface area contributed by atoms with Crippen molar-refractivity contribution in [3.63, 3.8) is 0 Å². The Bertz CT molecular complexity index is 638. The summed E-state index contributed by atoms with van der Waals surface area (Å²) in [6, 6.07) is 8.20.